The molecular weight excluding hydrogens is 501 g/mol. The summed E-state index contributed by atoms with van der Waals surface area (Å²) in [6.45, 7) is 4.42. The van der Waals surface area contributed by atoms with Crippen LogP contribution in [0.4, 0.5) is 5.69 Å². The van der Waals surface area contributed by atoms with Gasteiger partial charge in [0.05, 0.1) is 21.5 Å². The van der Waals surface area contributed by atoms with Crippen molar-refractivity contribution in [2.45, 2.75) is 30.5 Å². The van der Waals surface area contributed by atoms with Gasteiger partial charge in [-0.1, -0.05) is 40.9 Å². The first-order valence-corrected chi connectivity index (χ1v) is 12.4. The van der Waals surface area contributed by atoms with E-state index in [2.05, 4.69) is 21.7 Å². The van der Waals surface area contributed by atoms with E-state index in [1.807, 2.05) is 31.4 Å². The molecule has 2 unspecified atom stereocenters. The lowest BCUT2D eigenvalue weighted by atomic mass is 10.0. The number of nitrogens with one attached hydrogen (secondary N) is 2. The topological polar surface area (TPSA) is 71.1 Å². The van der Waals surface area contributed by atoms with E-state index in [9.17, 15) is 9.59 Å². The number of carbonyl (C=O) groups excluding carboxylic acids is 2. The zero-order chi connectivity index (χ0) is 23.8. The van der Waals surface area contributed by atoms with Gasteiger partial charge in [0.2, 0.25) is 5.91 Å². The fraction of sp³-hybridized carbons (Fsp3) is 0.292. The lowest BCUT2D eigenvalue weighted by Crippen LogP contribution is -2.26. The normalized spacial score (nSPS) is 18.6. The molecule has 0 radical (unpaired) electrons. The predicted molar refractivity (Wildman–Crippen MR) is 135 cm³/mol. The van der Waals surface area contributed by atoms with Crippen LogP contribution >= 0.6 is 46.1 Å². The number of rotatable bonds is 7. The van der Waals surface area contributed by atoms with Crippen molar-refractivity contribution in [3.8, 4) is 0 Å². The molecule has 0 spiro atoms. The molecule has 1 aliphatic carbocycles. The maximum atomic E-state index is 13.0. The van der Waals surface area contributed by atoms with Crippen LogP contribution in [-0.2, 0) is 11.2 Å². The number of thiazole rings is 1. The molecule has 2 N–H and O–H groups in total. The molecule has 2 amide bonds. The van der Waals surface area contributed by atoms with E-state index in [0.717, 1.165) is 21.7 Å². The van der Waals surface area contributed by atoms with Gasteiger partial charge < -0.3 is 10.6 Å². The first kappa shape index (κ1) is 24.0. The van der Waals surface area contributed by atoms with Crippen LogP contribution in [0.5, 0.6) is 0 Å². The molecule has 0 aliphatic heterocycles. The number of benzene rings is 2. The van der Waals surface area contributed by atoms with Crippen LogP contribution in [0.3, 0.4) is 0 Å². The van der Waals surface area contributed by atoms with Gasteiger partial charge in [0, 0.05) is 36.1 Å². The van der Waals surface area contributed by atoms with Crippen LogP contribution in [0.25, 0.3) is 0 Å². The molecule has 4 rings (SSSR count). The Morgan fingerprint density at radius 1 is 1.12 bits per heavy atom. The number of hydrogen-bond acceptors (Lipinski definition) is 4. The molecule has 3 aromatic rings. The van der Waals surface area contributed by atoms with Gasteiger partial charge in [0.25, 0.3) is 5.91 Å². The summed E-state index contributed by atoms with van der Waals surface area (Å²) in [5, 5.41) is 8.79. The molecule has 172 valence electrons. The van der Waals surface area contributed by atoms with E-state index in [1.165, 1.54) is 11.3 Å². The fourth-order valence-electron chi connectivity index (χ4n) is 4.01. The summed E-state index contributed by atoms with van der Waals surface area (Å²) in [6, 6.07) is 10.8. The van der Waals surface area contributed by atoms with E-state index in [-0.39, 0.29) is 23.3 Å². The smallest absolute Gasteiger partial charge is 0.252 e. The third-order valence-corrected chi connectivity index (χ3v) is 7.63. The average molecular weight is 523 g/mol. The zero-order valence-electron chi connectivity index (χ0n) is 18.0. The van der Waals surface area contributed by atoms with Crippen molar-refractivity contribution in [1.82, 2.24) is 10.3 Å². The Labute approximate surface area is 211 Å². The van der Waals surface area contributed by atoms with Crippen LogP contribution in [0.15, 0.2) is 48.0 Å². The summed E-state index contributed by atoms with van der Waals surface area (Å²) in [5.74, 6) is -1.54. The molecule has 1 saturated carbocycles. The molecule has 1 fully saturated rings. The van der Waals surface area contributed by atoms with E-state index in [0.29, 0.717) is 23.7 Å². The second-order valence-corrected chi connectivity index (χ2v) is 11.0. The predicted octanol–water partition coefficient (Wildman–Crippen LogP) is 5.91. The highest BCUT2D eigenvalue weighted by molar-refractivity contribution is 7.09. The summed E-state index contributed by atoms with van der Waals surface area (Å²) >= 11 is 20.8. The quantitative estimate of drug-likeness (QED) is 0.379. The molecule has 2 aromatic carbocycles. The number of nitrogens with zero attached hydrogens (tertiary/aromatic N) is 1. The molecule has 0 bridgehead atoms. The Morgan fingerprint density at radius 3 is 2.52 bits per heavy atom. The van der Waals surface area contributed by atoms with E-state index < -0.39 is 10.3 Å². The van der Waals surface area contributed by atoms with E-state index in [1.54, 1.807) is 24.4 Å². The lowest BCUT2D eigenvalue weighted by molar-refractivity contribution is -0.117. The SMILES string of the molecule is Cc1cc(C)cc(C2C(C(=O)Nc3ccc(Cl)c(C(=O)NCCc4nccs4)c3)C2(Cl)Cl)c1. The molecule has 2 atom stereocenters. The summed E-state index contributed by atoms with van der Waals surface area (Å²) in [7, 11) is 0. The van der Waals surface area contributed by atoms with Crippen molar-refractivity contribution in [2.24, 2.45) is 5.92 Å². The molecule has 0 saturated heterocycles. The molecular formula is C24H22Cl3N3O2S. The van der Waals surface area contributed by atoms with Gasteiger partial charge in [-0.25, -0.2) is 4.98 Å². The lowest BCUT2D eigenvalue weighted by Gasteiger charge is -2.10. The van der Waals surface area contributed by atoms with Crippen molar-refractivity contribution in [1.29, 1.82) is 0 Å². The second-order valence-electron chi connectivity index (χ2n) is 8.17. The Balaban J connectivity index is 1.43. The highest BCUT2D eigenvalue weighted by Crippen LogP contribution is 2.65. The van der Waals surface area contributed by atoms with E-state index in [4.69, 9.17) is 34.8 Å². The maximum absolute atomic E-state index is 13.0. The number of amides is 2. The third kappa shape index (κ3) is 5.35. The second kappa shape index (κ2) is 9.63. The van der Waals surface area contributed by atoms with Crippen molar-refractivity contribution < 1.29 is 9.59 Å². The minimum Gasteiger partial charge on any atom is -0.352 e. The van der Waals surface area contributed by atoms with Gasteiger partial charge in [0.1, 0.15) is 4.33 Å². The van der Waals surface area contributed by atoms with Gasteiger partial charge in [-0.2, -0.15) is 0 Å². The largest absolute Gasteiger partial charge is 0.352 e. The standard InChI is InChI=1S/C24H22Cl3N3O2S/c1-13-9-14(2)11-15(10-13)20-21(24(20,26)27)23(32)30-16-3-4-18(25)17(12-16)22(31)29-6-5-19-28-7-8-33-19/h3-4,7-12,20-21H,5-6H2,1-2H3,(H,29,31)(H,30,32). The third-order valence-electron chi connectivity index (χ3n) is 5.53. The number of alkyl halides is 2. The highest BCUT2D eigenvalue weighted by Gasteiger charge is 2.67. The number of aryl methyl sites for hydroxylation is 2. The van der Waals surface area contributed by atoms with Crippen molar-refractivity contribution >= 4 is 63.6 Å². The van der Waals surface area contributed by atoms with Crippen LogP contribution < -0.4 is 10.6 Å². The summed E-state index contributed by atoms with van der Waals surface area (Å²) in [5.41, 5.74) is 3.84. The van der Waals surface area contributed by atoms with Crippen LogP contribution in [0.2, 0.25) is 5.02 Å². The first-order valence-electron chi connectivity index (χ1n) is 10.4. The van der Waals surface area contributed by atoms with Gasteiger partial charge in [-0.15, -0.1) is 34.5 Å². The van der Waals surface area contributed by atoms with Crippen LogP contribution in [-0.4, -0.2) is 27.7 Å². The number of anilines is 1. The van der Waals surface area contributed by atoms with Gasteiger partial charge in [0.15, 0.2) is 0 Å². The van der Waals surface area contributed by atoms with Crippen LogP contribution in [0, 0.1) is 19.8 Å². The van der Waals surface area contributed by atoms with Crippen molar-refractivity contribution in [2.75, 3.05) is 11.9 Å². The number of halogens is 3. The Kier molecular flexibility index (Phi) is 7.01. The number of carbonyl (C=O) groups is 2. The molecule has 1 heterocycles. The van der Waals surface area contributed by atoms with Crippen molar-refractivity contribution in [3.05, 3.63) is 80.3 Å². The number of hydrogen-bond donors (Lipinski definition) is 2. The molecule has 1 aliphatic rings. The fourth-order valence-corrected chi connectivity index (χ4v) is 5.66. The average Bonchev–Trinajstić information content (AvgIpc) is 3.06. The Morgan fingerprint density at radius 2 is 1.85 bits per heavy atom. The molecule has 33 heavy (non-hydrogen) atoms. The molecule has 9 heteroatoms. The minimum atomic E-state index is -1.19. The molecule has 1 aromatic heterocycles. The number of aromatic nitrogens is 1. The van der Waals surface area contributed by atoms with Crippen LogP contribution in [0.1, 0.15) is 38.0 Å². The van der Waals surface area contributed by atoms with Gasteiger partial charge in [-0.3, -0.25) is 9.59 Å². The monoisotopic (exact) mass is 521 g/mol. The first-order chi connectivity index (χ1) is 15.7. The van der Waals surface area contributed by atoms with Gasteiger partial charge in [-0.05, 0) is 37.6 Å². The van der Waals surface area contributed by atoms with E-state index >= 15 is 0 Å². The summed E-state index contributed by atoms with van der Waals surface area (Å²) < 4.78 is -1.19. The van der Waals surface area contributed by atoms with Crippen molar-refractivity contribution in [3.63, 3.8) is 0 Å². The Bertz CT molecular complexity index is 1180. The molecule has 5 nitrogen and oxygen atoms in total. The Hall–Kier alpha value is -2.12. The maximum Gasteiger partial charge on any atom is 0.252 e. The summed E-state index contributed by atoms with van der Waals surface area (Å²) in [4.78, 5) is 29.8. The van der Waals surface area contributed by atoms with Gasteiger partial charge >= 0.3 is 0 Å². The summed E-state index contributed by atoms with van der Waals surface area (Å²) in [6.07, 6.45) is 2.36. The minimum absolute atomic E-state index is 0.276. The highest BCUT2D eigenvalue weighted by atomic mass is 35.5. The zero-order valence-corrected chi connectivity index (χ0v) is 21.1.